The number of benzene rings is 1. The zero-order valence-corrected chi connectivity index (χ0v) is 13.8. The summed E-state index contributed by atoms with van der Waals surface area (Å²) in [5.41, 5.74) is 7.39. The van der Waals surface area contributed by atoms with E-state index in [-0.39, 0.29) is 12.1 Å². The monoisotopic (exact) mass is 315 g/mol. The third kappa shape index (κ3) is 4.96. The van der Waals surface area contributed by atoms with E-state index in [1.165, 1.54) is 37.7 Å². The standard InChI is InChI=1S/C19H29N3O/c20-16(12-14-6-2-1-3-7-14)10-11-21-19(23)22-18-13-17(18)15-8-4-5-9-15/h1-3,6-7,15-18H,4-5,8-13,20H2,(H2,21,22,23). The van der Waals surface area contributed by atoms with Gasteiger partial charge in [-0.3, -0.25) is 0 Å². The zero-order chi connectivity index (χ0) is 16.1. The van der Waals surface area contributed by atoms with Crippen molar-refractivity contribution in [1.82, 2.24) is 10.6 Å². The minimum atomic E-state index is -0.0255. The maximum Gasteiger partial charge on any atom is 0.315 e. The Labute approximate surface area is 139 Å². The first-order valence-electron chi connectivity index (χ1n) is 9.06. The van der Waals surface area contributed by atoms with Crippen LogP contribution < -0.4 is 16.4 Å². The molecule has 1 aromatic carbocycles. The summed E-state index contributed by atoms with van der Waals surface area (Å²) in [5, 5.41) is 6.07. The number of nitrogens with one attached hydrogen (secondary N) is 2. The lowest BCUT2D eigenvalue weighted by molar-refractivity contribution is 0.239. The summed E-state index contributed by atoms with van der Waals surface area (Å²) >= 11 is 0. The molecule has 0 heterocycles. The first-order chi connectivity index (χ1) is 11.2. The highest BCUT2D eigenvalue weighted by Gasteiger charge is 2.44. The number of nitrogens with two attached hydrogens (primary N) is 1. The second kappa shape index (κ2) is 7.82. The highest BCUT2D eigenvalue weighted by Crippen LogP contribution is 2.45. The van der Waals surface area contributed by atoms with Crippen LogP contribution in [0.1, 0.15) is 44.1 Å². The van der Waals surface area contributed by atoms with E-state index in [2.05, 4.69) is 22.8 Å². The van der Waals surface area contributed by atoms with Gasteiger partial charge in [-0.15, -0.1) is 0 Å². The van der Waals surface area contributed by atoms with Crippen molar-refractivity contribution in [2.24, 2.45) is 17.6 Å². The summed E-state index contributed by atoms with van der Waals surface area (Å²) in [7, 11) is 0. The van der Waals surface area contributed by atoms with Crippen molar-refractivity contribution in [3.63, 3.8) is 0 Å². The molecule has 2 aliphatic rings. The van der Waals surface area contributed by atoms with Gasteiger partial charge in [-0.05, 0) is 36.7 Å². The number of carbonyl (C=O) groups excluding carboxylic acids is 1. The molecule has 4 nitrogen and oxygen atoms in total. The van der Waals surface area contributed by atoms with Crippen LogP contribution in [-0.2, 0) is 6.42 Å². The summed E-state index contributed by atoms with van der Waals surface area (Å²) in [4.78, 5) is 11.9. The van der Waals surface area contributed by atoms with Crippen LogP contribution >= 0.6 is 0 Å². The van der Waals surface area contributed by atoms with Crippen LogP contribution in [-0.4, -0.2) is 24.7 Å². The van der Waals surface area contributed by atoms with Crippen LogP contribution in [0.3, 0.4) is 0 Å². The van der Waals surface area contributed by atoms with Crippen LogP contribution in [0.5, 0.6) is 0 Å². The Morgan fingerprint density at radius 1 is 1.22 bits per heavy atom. The Hall–Kier alpha value is -1.55. The lowest BCUT2D eigenvalue weighted by Gasteiger charge is -2.13. The molecule has 2 saturated carbocycles. The molecule has 0 radical (unpaired) electrons. The van der Waals surface area contributed by atoms with Crippen LogP contribution in [0.25, 0.3) is 0 Å². The van der Waals surface area contributed by atoms with Crippen molar-refractivity contribution < 1.29 is 4.79 Å². The molecule has 2 aliphatic carbocycles. The minimum absolute atomic E-state index is 0.0255. The van der Waals surface area contributed by atoms with E-state index in [1.54, 1.807) is 0 Å². The fourth-order valence-electron chi connectivity index (χ4n) is 3.90. The smallest absolute Gasteiger partial charge is 0.315 e. The quantitative estimate of drug-likeness (QED) is 0.724. The Morgan fingerprint density at radius 3 is 2.70 bits per heavy atom. The number of hydrogen-bond donors (Lipinski definition) is 3. The second-order valence-electron chi connectivity index (χ2n) is 7.19. The molecular formula is C19H29N3O. The largest absolute Gasteiger partial charge is 0.338 e. The fourth-order valence-corrected chi connectivity index (χ4v) is 3.90. The van der Waals surface area contributed by atoms with E-state index in [0.29, 0.717) is 12.6 Å². The molecule has 2 amide bonds. The first kappa shape index (κ1) is 16.3. The van der Waals surface area contributed by atoms with Crippen LogP contribution in [0.15, 0.2) is 30.3 Å². The molecule has 0 aliphatic heterocycles. The minimum Gasteiger partial charge on any atom is -0.338 e. The maximum atomic E-state index is 11.9. The predicted octanol–water partition coefficient (Wildman–Crippen LogP) is 2.82. The fraction of sp³-hybridized carbons (Fsp3) is 0.632. The third-order valence-electron chi connectivity index (χ3n) is 5.30. The van der Waals surface area contributed by atoms with E-state index in [4.69, 9.17) is 5.73 Å². The van der Waals surface area contributed by atoms with Crippen molar-refractivity contribution in [2.45, 2.75) is 57.0 Å². The zero-order valence-electron chi connectivity index (χ0n) is 13.8. The number of hydrogen-bond acceptors (Lipinski definition) is 2. The van der Waals surface area contributed by atoms with Crippen molar-refractivity contribution >= 4 is 6.03 Å². The van der Waals surface area contributed by atoms with E-state index >= 15 is 0 Å². The first-order valence-corrected chi connectivity index (χ1v) is 9.06. The summed E-state index contributed by atoms with van der Waals surface area (Å²) in [6.45, 7) is 0.640. The van der Waals surface area contributed by atoms with E-state index < -0.39 is 0 Å². The average molecular weight is 315 g/mol. The summed E-state index contributed by atoms with van der Waals surface area (Å²) in [6.07, 6.45) is 8.30. The predicted molar refractivity (Wildman–Crippen MR) is 93.1 cm³/mol. The van der Waals surface area contributed by atoms with Gasteiger partial charge in [0.05, 0.1) is 0 Å². The number of amides is 2. The van der Waals surface area contributed by atoms with Gasteiger partial charge < -0.3 is 16.4 Å². The van der Waals surface area contributed by atoms with Gasteiger partial charge in [-0.25, -0.2) is 4.79 Å². The number of rotatable bonds is 7. The van der Waals surface area contributed by atoms with Gasteiger partial charge >= 0.3 is 6.03 Å². The van der Waals surface area contributed by atoms with Crippen molar-refractivity contribution in [3.8, 4) is 0 Å². The lowest BCUT2D eigenvalue weighted by Crippen LogP contribution is -2.40. The van der Waals surface area contributed by atoms with Gasteiger partial charge in [0.15, 0.2) is 0 Å². The van der Waals surface area contributed by atoms with E-state index in [0.717, 1.165) is 24.7 Å². The van der Waals surface area contributed by atoms with Gasteiger partial charge in [0.25, 0.3) is 0 Å². The van der Waals surface area contributed by atoms with E-state index in [1.807, 2.05) is 18.2 Å². The van der Waals surface area contributed by atoms with Crippen molar-refractivity contribution in [3.05, 3.63) is 35.9 Å². The Morgan fingerprint density at radius 2 is 1.96 bits per heavy atom. The SMILES string of the molecule is NC(CCNC(=O)NC1CC1C1CCCC1)Cc1ccccc1. The van der Waals surface area contributed by atoms with Gasteiger partial charge in [0.2, 0.25) is 0 Å². The number of carbonyl (C=O) groups is 1. The van der Waals surface area contributed by atoms with Crippen LogP contribution in [0, 0.1) is 11.8 Å². The molecule has 126 valence electrons. The molecule has 0 bridgehead atoms. The van der Waals surface area contributed by atoms with Crippen molar-refractivity contribution in [1.29, 1.82) is 0 Å². The van der Waals surface area contributed by atoms with Crippen molar-refractivity contribution in [2.75, 3.05) is 6.54 Å². The van der Waals surface area contributed by atoms with E-state index in [9.17, 15) is 4.79 Å². The molecule has 3 atom stereocenters. The third-order valence-corrected chi connectivity index (χ3v) is 5.30. The summed E-state index contributed by atoms with van der Waals surface area (Å²) in [6, 6.07) is 10.7. The molecule has 23 heavy (non-hydrogen) atoms. The highest BCUT2D eigenvalue weighted by atomic mass is 16.2. The molecule has 3 rings (SSSR count). The van der Waals surface area contributed by atoms with Gasteiger partial charge in [0.1, 0.15) is 0 Å². The Bertz CT molecular complexity index is 499. The molecular weight excluding hydrogens is 286 g/mol. The normalized spacial score (nSPS) is 25.1. The average Bonchev–Trinajstić information content (AvgIpc) is 3.09. The van der Waals surface area contributed by atoms with Crippen LogP contribution in [0.4, 0.5) is 4.79 Å². The Kier molecular flexibility index (Phi) is 5.55. The molecule has 4 N–H and O–H groups in total. The van der Waals surface area contributed by atoms with Gasteiger partial charge in [0, 0.05) is 18.6 Å². The lowest BCUT2D eigenvalue weighted by atomic mass is 10.0. The summed E-state index contributed by atoms with van der Waals surface area (Å²) < 4.78 is 0. The molecule has 2 fully saturated rings. The topological polar surface area (TPSA) is 67.1 Å². The number of urea groups is 1. The van der Waals surface area contributed by atoms with Gasteiger partial charge in [-0.1, -0.05) is 56.0 Å². The second-order valence-corrected chi connectivity index (χ2v) is 7.19. The molecule has 1 aromatic rings. The molecule has 0 saturated heterocycles. The molecule has 3 unspecified atom stereocenters. The maximum absolute atomic E-state index is 11.9. The molecule has 0 spiro atoms. The summed E-state index contributed by atoms with van der Waals surface area (Å²) in [5.74, 6) is 1.60. The highest BCUT2D eigenvalue weighted by molar-refractivity contribution is 5.74. The molecule has 4 heteroatoms. The Balaban J connectivity index is 1.28. The van der Waals surface area contributed by atoms with Crippen LogP contribution in [0.2, 0.25) is 0 Å². The van der Waals surface area contributed by atoms with Gasteiger partial charge in [-0.2, -0.15) is 0 Å². The molecule has 0 aromatic heterocycles.